The Kier molecular flexibility index (Phi) is 2.11. The first-order valence-electron chi connectivity index (χ1n) is 5.44. The maximum atomic E-state index is 10.9. The van der Waals surface area contributed by atoms with E-state index in [1.54, 1.807) is 6.08 Å². The average molecular weight is 225 g/mol. The molecule has 0 saturated heterocycles. The molecule has 0 aliphatic carbocycles. The third-order valence-corrected chi connectivity index (χ3v) is 3.04. The van der Waals surface area contributed by atoms with Crippen LogP contribution in [0.1, 0.15) is 11.1 Å². The van der Waals surface area contributed by atoms with Gasteiger partial charge in [-0.2, -0.15) is 0 Å². The predicted molar refractivity (Wildman–Crippen MR) is 65.9 cm³/mol. The maximum Gasteiger partial charge on any atom is 0.333 e. The quantitative estimate of drug-likeness (QED) is 0.797. The molecule has 1 aromatic carbocycles. The number of carboxylic acid groups (broad SMARTS) is 1. The minimum atomic E-state index is -0.854. The monoisotopic (exact) mass is 225 g/mol. The van der Waals surface area contributed by atoms with Gasteiger partial charge in [-0.05, 0) is 23.8 Å². The smallest absolute Gasteiger partial charge is 0.333 e. The number of hydrogen-bond acceptors (Lipinski definition) is 2. The summed E-state index contributed by atoms with van der Waals surface area (Å²) in [7, 11) is 0. The first-order chi connectivity index (χ1) is 8.25. The van der Waals surface area contributed by atoms with Gasteiger partial charge in [-0.3, -0.25) is 0 Å². The number of hydrogen-bond donors (Lipinski definition) is 1. The Morgan fingerprint density at radius 2 is 2.06 bits per heavy atom. The molecular formula is C14H11NO2. The van der Waals surface area contributed by atoms with Crippen molar-refractivity contribution in [2.24, 2.45) is 0 Å². The van der Waals surface area contributed by atoms with Crippen molar-refractivity contribution in [3.63, 3.8) is 0 Å². The van der Waals surface area contributed by atoms with E-state index in [4.69, 9.17) is 5.11 Å². The fraction of sp³-hybridized carbons (Fsp3) is 0.0714. The van der Waals surface area contributed by atoms with Crippen LogP contribution < -0.4 is 0 Å². The molecule has 1 N–H and O–H groups in total. The van der Waals surface area contributed by atoms with Crippen molar-refractivity contribution in [2.45, 2.75) is 0 Å². The van der Waals surface area contributed by atoms with Crippen LogP contribution in [0.15, 0.2) is 48.2 Å². The number of allylic oxidation sites excluding steroid dienone is 2. The van der Waals surface area contributed by atoms with Crippen molar-refractivity contribution in [1.29, 1.82) is 0 Å². The van der Waals surface area contributed by atoms with Crippen molar-refractivity contribution in [3.05, 3.63) is 59.3 Å². The summed E-state index contributed by atoms with van der Waals surface area (Å²) in [5, 5.41) is 8.98. The Morgan fingerprint density at radius 1 is 1.24 bits per heavy atom. The van der Waals surface area contributed by atoms with E-state index < -0.39 is 5.97 Å². The molecule has 0 bridgehead atoms. The molecule has 2 aliphatic heterocycles. The van der Waals surface area contributed by atoms with Gasteiger partial charge in [0.25, 0.3) is 0 Å². The summed E-state index contributed by atoms with van der Waals surface area (Å²) in [6.45, 7) is 0.423. The highest BCUT2D eigenvalue weighted by Crippen LogP contribution is 2.31. The first-order valence-corrected chi connectivity index (χ1v) is 5.44. The van der Waals surface area contributed by atoms with Crippen LogP contribution in [0, 0.1) is 0 Å². The normalized spacial score (nSPS) is 16.8. The Hall–Kier alpha value is -2.29. The summed E-state index contributed by atoms with van der Waals surface area (Å²) in [5.74, 6) is -0.854. The van der Waals surface area contributed by atoms with E-state index in [1.807, 2.05) is 35.4 Å². The summed E-state index contributed by atoms with van der Waals surface area (Å²) in [6, 6.07) is 8.10. The van der Waals surface area contributed by atoms with Crippen molar-refractivity contribution in [3.8, 4) is 0 Å². The molecule has 2 aliphatic rings. The number of benzene rings is 1. The molecule has 3 rings (SSSR count). The standard InChI is InChI=1S/C14H11NO2/c16-14(17)11-5-6-13-12-4-2-1-3-10(12)7-8-15(13)9-11/h1-8H,9H2,(H,16,17). The molecule has 0 spiro atoms. The predicted octanol–water partition coefficient (Wildman–Crippen LogP) is 2.34. The average Bonchev–Trinajstić information content (AvgIpc) is 2.38. The van der Waals surface area contributed by atoms with Crippen LogP contribution in [0.4, 0.5) is 0 Å². The second kappa shape index (κ2) is 3.63. The number of carboxylic acids is 1. The molecule has 3 nitrogen and oxygen atoms in total. The van der Waals surface area contributed by atoms with Gasteiger partial charge in [0, 0.05) is 17.5 Å². The summed E-state index contributed by atoms with van der Waals surface area (Å²) >= 11 is 0. The van der Waals surface area contributed by atoms with Crippen molar-refractivity contribution in [1.82, 2.24) is 4.90 Å². The Balaban J connectivity index is 2.10. The lowest BCUT2D eigenvalue weighted by molar-refractivity contribution is -0.132. The topological polar surface area (TPSA) is 40.5 Å². The highest BCUT2D eigenvalue weighted by Gasteiger charge is 2.22. The number of aliphatic carboxylic acids is 1. The van der Waals surface area contributed by atoms with Crippen LogP contribution in [0.3, 0.4) is 0 Å². The molecule has 0 unspecified atom stereocenters. The summed E-state index contributed by atoms with van der Waals surface area (Å²) in [6.07, 6.45) is 7.50. The number of carbonyl (C=O) groups is 1. The molecular weight excluding hydrogens is 214 g/mol. The van der Waals surface area contributed by atoms with Gasteiger partial charge in [-0.25, -0.2) is 4.79 Å². The Labute approximate surface area is 99.0 Å². The zero-order valence-electron chi connectivity index (χ0n) is 9.13. The van der Waals surface area contributed by atoms with Crippen LogP contribution in [-0.4, -0.2) is 22.5 Å². The largest absolute Gasteiger partial charge is 0.478 e. The zero-order chi connectivity index (χ0) is 11.8. The summed E-state index contributed by atoms with van der Waals surface area (Å²) < 4.78 is 0. The lowest BCUT2D eigenvalue weighted by Crippen LogP contribution is -2.26. The maximum absolute atomic E-state index is 10.9. The van der Waals surface area contributed by atoms with E-state index in [-0.39, 0.29) is 0 Å². The SMILES string of the molecule is O=C(O)C1=CC=C2c3ccccc3C=CN2C1. The molecule has 0 aromatic heterocycles. The fourth-order valence-corrected chi connectivity index (χ4v) is 2.16. The molecule has 0 amide bonds. The van der Waals surface area contributed by atoms with Gasteiger partial charge in [0.2, 0.25) is 0 Å². The van der Waals surface area contributed by atoms with Gasteiger partial charge in [0.1, 0.15) is 0 Å². The molecule has 0 radical (unpaired) electrons. The fourth-order valence-electron chi connectivity index (χ4n) is 2.16. The zero-order valence-corrected chi connectivity index (χ0v) is 9.13. The van der Waals surface area contributed by atoms with Crippen LogP contribution in [-0.2, 0) is 4.79 Å². The van der Waals surface area contributed by atoms with Gasteiger partial charge < -0.3 is 10.0 Å². The second-order valence-electron chi connectivity index (χ2n) is 4.08. The Bertz CT molecular complexity index is 582. The van der Waals surface area contributed by atoms with Gasteiger partial charge in [0.15, 0.2) is 0 Å². The third kappa shape index (κ3) is 1.56. The van der Waals surface area contributed by atoms with Crippen LogP contribution >= 0.6 is 0 Å². The Morgan fingerprint density at radius 3 is 2.88 bits per heavy atom. The summed E-state index contributed by atoms with van der Waals surface area (Å²) in [5.41, 5.74) is 3.80. The minimum Gasteiger partial charge on any atom is -0.478 e. The molecule has 0 fully saturated rings. The van der Waals surface area contributed by atoms with Crippen molar-refractivity contribution in [2.75, 3.05) is 6.54 Å². The highest BCUT2D eigenvalue weighted by atomic mass is 16.4. The summed E-state index contributed by atoms with van der Waals surface area (Å²) in [4.78, 5) is 12.9. The molecule has 0 atom stereocenters. The molecule has 3 heteroatoms. The van der Waals surface area contributed by atoms with Gasteiger partial charge in [-0.15, -0.1) is 0 Å². The second-order valence-corrected chi connectivity index (χ2v) is 4.08. The van der Waals surface area contributed by atoms with Gasteiger partial charge >= 0.3 is 5.97 Å². The van der Waals surface area contributed by atoms with Crippen LogP contribution in [0.2, 0.25) is 0 Å². The molecule has 0 saturated carbocycles. The van der Waals surface area contributed by atoms with E-state index in [1.165, 1.54) is 5.56 Å². The van der Waals surface area contributed by atoms with Gasteiger partial charge in [-0.1, -0.05) is 24.3 Å². The molecule has 1 aromatic rings. The number of nitrogens with zero attached hydrogens (tertiary/aromatic N) is 1. The van der Waals surface area contributed by atoms with Crippen molar-refractivity contribution < 1.29 is 9.90 Å². The van der Waals surface area contributed by atoms with E-state index in [2.05, 4.69) is 12.1 Å². The molecule has 17 heavy (non-hydrogen) atoms. The van der Waals surface area contributed by atoms with E-state index in [0.717, 1.165) is 11.3 Å². The van der Waals surface area contributed by atoms with Crippen molar-refractivity contribution >= 4 is 17.7 Å². The van der Waals surface area contributed by atoms with Gasteiger partial charge in [0.05, 0.1) is 12.1 Å². The highest BCUT2D eigenvalue weighted by molar-refractivity contribution is 5.90. The van der Waals surface area contributed by atoms with E-state index in [9.17, 15) is 4.79 Å². The minimum absolute atomic E-state index is 0.415. The molecule has 84 valence electrons. The van der Waals surface area contributed by atoms with Crippen LogP contribution in [0.25, 0.3) is 11.8 Å². The number of fused-ring (bicyclic) bond motifs is 3. The third-order valence-electron chi connectivity index (χ3n) is 3.04. The first kappa shape index (κ1) is 9.90. The molecule has 2 heterocycles. The number of rotatable bonds is 1. The lowest BCUT2D eigenvalue weighted by Gasteiger charge is -2.30. The lowest BCUT2D eigenvalue weighted by atomic mass is 9.97. The van der Waals surface area contributed by atoms with E-state index in [0.29, 0.717) is 12.1 Å². The van der Waals surface area contributed by atoms with E-state index >= 15 is 0 Å². The van der Waals surface area contributed by atoms with Crippen LogP contribution in [0.5, 0.6) is 0 Å².